The third kappa shape index (κ3) is 4.40. The van der Waals surface area contributed by atoms with Gasteiger partial charge in [-0.2, -0.15) is 0 Å². The van der Waals surface area contributed by atoms with E-state index in [-0.39, 0.29) is 12.2 Å². The van der Waals surface area contributed by atoms with Gasteiger partial charge in [0.05, 0.1) is 6.42 Å². The van der Waals surface area contributed by atoms with Crippen molar-refractivity contribution >= 4 is 5.97 Å². The molecule has 88 valence electrons. The number of carbonyl (C=O) groups is 1. The predicted molar refractivity (Wildman–Crippen MR) is 59.6 cm³/mol. The topological polar surface area (TPSA) is 40.5 Å². The van der Waals surface area contributed by atoms with E-state index in [9.17, 15) is 9.18 Å². The number of halogens is 1. The third-order valence-electron chi connectivity index (χ3n) is 2.38. The molecule has 0 fully saturated rings. The van der Waals surface area contributed by atoms with Gasteiger partial charge in [0, 0.05) is 13.1 Å². The highest BCUT2D eigenvalue weighted by molar-refractivity contribution is 5.66. The zero-order chi connectivity index (χ0) is 12.0. The van der Waals surface area contributed by atoms with Crippen LogP contribution in [0.2, 0.25) is 0 Å². The molecule has 0 bridgehead atoms. The summed E-state index contributed by atoms with van der Waals surface area (Å²) in [7, 11) is 0. The molecule has 4 heteroatoms. The molecule has 3 nitrogen and oxygen atoms in total. The highest BCUT2D eigenvalue weighted by Gasteiger charge is 2.06. The van der Waals surface area contributed by atoms with Crippen molar-refractivity contribution in [1.29, 1.82) is 0 Å². The van der Waals surface area contributed by atoms with Crippen LogP contribution in [0, 0.1) is 5.82 Å². The average Bonchev–Trinajstić information content (AvgIpc) is 2.24. The summed E-state index contributed by atoms with van der Waals surface area (Å²) in [6.45, 7) is 3.79. The summed E-state index contributed by atoms with van der Waals surface area (Å²) in [5.74, 6) is -1.07. The van der Waals surface area contributed by atoms with Crippen LogP contribution in [0.15, 0.2) is 24.3 Å². The Morgan fingerprint density at radius 3 is 2.81 bits per heavy atom. The van der Waals surface area contributed by atoms with Crippen LogP contribution in [0.1, 0.15) is 18.9 Å². The van der Waals surface area contributed by atoms with Gasteiger partial charge in [-0.15, -0.1) is 0 Å². The second-order valence-electron chi connectivity index (χ2n) is 3.64. The first-order chi connectivity index (χ1) is 7.61. The highest BCUT2D eigenvalue weighted by atomic mass is 19.1. The predicted octanol–water partition coefficient (Wildman–Crippen LogP) is 2.12. The van der Waals surface area contributed by atoms with Crippen molar-refractivity contribution in [2.24, 2.45) is 0 Å². The molecule has 0 amide bonds. The van der Waals surface area contributed by atoms with Crippen molar-refractivity contribution in [2.75, 3.05) is 13.1 Å². The number of carboxylic acid groups (broad SMARTS) is 1. The quantitative estimate of drug-likeness (QED) is 0.806. The first-order valence-corrected chi connectivity index (χ1v) is 5.30. The minimum Gasteiger partial charge on any atom is -0.481 e. The zero-order valence-corrected chi connectivity index (χ0v) is 9.32. The number of benzene rings is 1. The molecule has 0 aliphatic rings. The van der Waals surface area contributed by atoms with Crippen LogP contribution in [0.4, 0.5) is 4.39 Å². The Kier molecular flexibility index (Phi) is 4.92. The fraction of sp³-hybridized carbons (Fsp3) is 0.417. The largest absolute Gasteiger partial charge is 0.481 e. The van der Waals surface area contributed by atoms with Crippen LogP contribution >= 0.6 is 0 Å². The van der Waals surface area contributed by atoms with E-state index in [2.05, 4.69) is 0 Å². The van der Waals surface area contributed by atoms with Gasteiger partial charge in [-0.25, -0.2) is 4.39 Å². The molecule has 1 N–H and O–H groups in total. The van der Waals surface area contributed by atoms with Crippen LogP contribution in [0.25, 0.3) is 0 Å². The van der Waals surface area contributed by atoms with E-state index < -0.39 is 5.97 Å². The molecular weight excluding hydrogens is 209 g/mol. The zero-order valence-electron chi connectivity index (χ0n) is 9.32. The lowest BCUT2D eigenvalue weighted by atomic mass is 10.2. The first kappa shape index (κ1) is 12.6. The molecule has 0 radical (unpaired) electrons. The Bertz CT molecular complexity index is 355. The molecular formula is C12H16FNO2. The number of rotatable bonds is 6. The molecule has 0 unspecified atom stereocenters. The second-order valence-corrected chi connectivity index (χ2v) is 3.64. The summed E-state index contributed by atoms with van der Waals surface area (Å²) in [6.07, 6.45) is 0.114. The molecule has 0 heterocycles. The second kappa shape index (κ2) is 6.23. The third-order valence-corrected chi connectivity index (χ3v) is 2.38. The molecule has 0 spiro atoms. The molecule has 1 rings (SSSR count). The first-order valence-electron chi connectivity index (χ1n) is 5.30. The normalized spacial score (nSPS) is 10.7. The van der Waals surface area contributed by atoms with Crippen molar-refractivity contribution in [3.05, 3.63) is 35.6 Å². The Labute approximate surface area is 94.5 Å². The smallest absolute Gasteiger partial charge is 0.304 e. The van der Waals surface area contributed by atoms with Gasteiger partial charge in [0.15, 0.2) is 0 Å². The van der Waals surface area contributed by atoms with Gasteiger partial charge in [-0.3, -0.25) is 9.69 Å². The summed E-state index contributed by atoms with van der Waals surface area (Å²) in [5, 5.41) is 8.58. The van der Waals surface area contributed by atoms with Gasteiger partial charge >= 0.3 is 5.97 Å². The minimum atomic E-state index is -0.808. The molecule has 0 aromatic heterocycles. The fourth-order valence-corrected chi connectivity index (χ4v) is 1.50. The van der Waals surface area contributed by atoms with E-state index in [1.165, 1.54) is 12.1 Å². The van der Waals surface area contributed by atoms with E-state index in [4.69, 9.17) is 5.11 Å². The minimum absolute atomic E-state index is 0.114. The van der Waals surface area contributed by atoms with Gasteiger partial charge in [-0.05, 0) is 24.2 Å². The van der Waals surface area contributed by atoms with Gasteiger partial charge in [0.1, 0.15) is 5.82 Å². The highest BCUT2D eigenvalue weighted by Crippen LogP contribution is 2.07. The fourth-order valence-electron chi connectivity index (χ4n) is 1.50. The Morgan fingerprint density at radius 1 is 1.50 bits per heavy atom. The van der Waals surface area contributed by atoms with Crippen LogP contribution in [0.3, 0.4) is 0 Å². The number of aliphatic carboxylic acids is 1. The Hall–Kier alpha value is -1.42. The number of hydrogen-bond acceptors (Lipinski definition) is 2. The lowest BCUT2D eigenvalue weighted by Gasteiger charge is -2.19. The van der Waals surface area contributed by atoms with Gasteiger partial charge in [0.2, 0.25) is 0 Å². The van der Waals surface area contributed by atoms with E-state index in [0.29, 0.717) is 13.1 Å². The lowest BCUT2D eigenvalue weighted by molar-refractivity contribution is -0.137. The van der Waals surface area contributed by atoms with Gasteiger partial charge in [0.25, 0.3) is 0 Å². The van der Waals surface area contributed by atoms with E-state index in [1.807, 2.05) is 17.9 Å². The van der Waals surface area contributed by atoms with Crippen LogP contribution in [-0.2, 0) is 11.3 Å². The maximum absolute atomic E-state index is 12.9. The molecule has 0 saturated heterocycles. The molecule has 16 heavy (non-hydrogen) atoms. The number of hydrogen-bond donors (Lipinski definition) is 1. The SMILES string of the molecule is CCN(CCC(=O)O)Cc1cccc(F)c1. The summed E-state index contributed by atoms with van der Waals surface area (Å²) in [5.41, 5.74) is 0.868. The maximum Gasteiger partial charge on any atom is 0.304 e. The molecule has 1 aromatic rings. The van der Waals surface area contributed by atoms with Crippen molar-refractivity contribution in [1.82, 2.24) is 4.90 Å². The monoisotopic (exact) mass is 225 g/mol. The molecule has 0 aliphatic carbocycles. The molecule has 0 atom stereocenters. The van der Waals surface area contributed by atoms with Crippen LogP contribution < -0.4 is 0 Å². The van der Waals surface area contributed by atoms with Crippen LogP contribution in [0.5, 0.6) is 0 Å². The Morgan fingerprint density at radius 2 is 2.25 bits per heavy atom. The van der Waals surface area contributed by atoms with E-state index >= 15 is 0 Å². The van der Waals surface area contributed by atoms with E-state index in [1.54, 1.807) is 6.07 Å². The number of carboxylic acids is 1. The van der Waals surface area contributed by atoms with Crippen molar-refractivity contribution in [2.45, 2.75) is 19.9 Å². The molecule has 0 saturated carbocycles. The lowest BCUT2D eigenvalue weighted by Crippen LogP contribution is -2.25. The van der Waals surface area contributed by atoms with E-state index in [0.717, 1.165) is 12.1 Å². The van der Waals surface area contributed by atoms with Crippen molar-refractivity contribution in [3.8, 4) is 0 Å². The summed E-state index contributed by atoms with van der Waals surface area (Å²) in [4.78, 5) is 12.4. The Balaban J connectivity index is 2.52. The molecule has 0 aliphatic heterocycles. The van der Waals surface area contributed by atoms with Gasteiger partial charge in [-0.1, -0.05) is 19.1 Å². The standard InChI is InChI=1S/C12H16FNO2/c1-2-14(7-6-12(15)16)9-10-4-3-5-11(13)8-10/h3-5,8H,2,6-7,9H2,1H3,(H,15,16). The summed E-state index contributed by atoms with van der Waals surface area (Å²) >= 11 is 0. The maximum atomic E-state index is 12.9. The summed E-state index contributed by atoms with van der Waals surface area (Å²) < 4.78 is 12.9. The molecule has 1 aromatic carbocycles. The van der Waals surface area contributed by atoms with Gasteiger partial charge < -0.3 is 5.11 Å². The van der Waals surface area contributed by atoms with Crippen LogP contribution in [-0.4, -0.2) is 29.1 Å². The average molecular weight is 225 g/mol. The number of nitrogens with zero attached hydrogens (tertiary/aromatic N) is 1. The van der Waals surface area contributed by atoms with Crippen molar-refractivity contribution < 1.29 is 14.3 Å². The van der Waals surface area contributed by atoms with Crippen molar-refractivity contribution in [3.63, 3.8) is 0 Å². The summed E-state index contributed by atoms with van der Waals surface area (Å²) in [6, 6.07) is 6.38.